The quantitative estimate of drug-likeness (QED) is 0.742. The second kappa shape index (κ2) is 8.56. The van der Waals surface area contributed by atoms with Gasteiger partial charge in [-0.15, -0.1) is 0 Å². The zero-order valence-electron chi connectivity index (χ0n) is 15.7. The van der Waals surface area contributed by atoms with Gasteiger partial charge < -0.3 is 14.8 Å². The number of anilines is 1. The first-order chi connectivity index (χ1) is 14.3. The van der Waals surface area contributed by atoms with Crippen molar-refractivity contribution in [2.75, 3.05) is 38.2 Å². The third-order valence-electron chi connectivity index (χ3n) is 4.75. The van der Waals surface area contributed by atoms with E-state index in [1.165, 1.54) is 16.4 Å². The molecule has 0 atom stereocenters. The Labute approximate surface area is 184 Å². The molecule has 1 fully saturated rings. The maximum Gasteiger partial charge on any atom is 0.255 e. The van der Waals surface area contributed by atoms with Gasteiger partial charge in [-0.3, -0.25) is 4.79 Å². The fourth-order valence-corrected chi connectivity index (χ4v) is 5.28. The number of hydrogen-bond acceptors (Lipinski definition) is 5. The summed E-state index contributed by atoms with van der Waals surface area (Å²) >= 11 is 12.2. The van der Waals surface area contributed by atoms with Gasteiger partial charge in [0.1, 0.15) is 17.3 Å². The van der Waals surface area contributed by atoms with Crippen LogP contribution < -0.4 is 10.1 Å². The molecule has 0 bridgehead atoms. The van der Waals surface area contributed by atoms with Crippen molar-refractivity contribution in [3.05, 3.63) is 57.6 Å². The van der Waals surface area contributed by atoms with E-state index in [0.29, 0.717) is 40.8 Å². The molecule has 1 amide bonds. The number of carbonyl (C=O) groups is 1. The molecule has 0 saturated carbocycles. The zero-order valence-corrected chi connectivity index (χ0v) is 18.1. The molecule has 4 rings (SSSR count). The Balaban J connectivity index is 1.57. The molecule has 2 aromatic rings. The van der Waals surface area contributed by atoms with E-state index in [1.54, 1.807) is 30.3 Å². The number of ether oxygens (including phenoxy) is 2. The van der Waals surface area contributed by atoms with Gasteiger partial charge in [0.15, 0.2) is 0 Å². The predicted molar refractivity (Wildman–Crippen MR) is 115 cm³/mol. The van der Waals surface area contributed by atoms with Crippen molar-refractivity contribution in [1.82, 2.24) is 4.31 Å². The van der Waals surface area contributed by atoms with Crippen LogP contribution in [0.2, 0.25) is 10.0 Å². The molecule has 2 aliphatic heterocycles. The highest BCUT2D eigenvalue weighted by molar-refractivity contribution is 7.89. The summed E-state index contributed by atoms with van der Waals surface area (Å²) in [5.41, 5.74) is 1.40. The fraction of sp³-hybridized carbons (Fsp3) is 0.250. The largest absolute Gasteiger partial charge is 0.488 e. The van der Waals surface area contributed by atoms with E-state index in [1.807, 2.05) is 0 Å². The van der Waals surface area contributed by atoms with Crippen molar-refractivity contribution in [3.63, 3.8) is 0 Å². The molecule has 2 heterocycles. The second-order valence-corrected chi connectivity index (χ2v) is 9.51. The zero-order chi connectivity index (χ0) is 21.3. The van der Waals surface area contributed by atoms with Gasteiger partial charge in [0.05, 0.1) is 23.8 Å². The van der Waals surface area contributed by atoms with E-state index in [9.17, 15) is 13.2 Å². The summed E-state index contributed by atoms with van der Waals surface area (Å²) in [6, 6.07) is 9.52. The third-order valence-corrected chi connectivity index (χ3v) is 7.37. The minimum absolute atomic E-state index is 0.0603. The average molecular weight is 469 g/mol. The van der Waals surface area contributed by atoms with Gasteiger partial charge in [-0.05, 0) is 42.5 Å². The van der Waals surface area contributed by atoms with E-state index in [-0.39, 0.29) is 29.6 Å². The Morgan fingerprint density at radius 3 is 2.60 bits per heavy atom. The summed E-state index contributed by atoms with van der Waals surface area (Å²) in [6.45, 7) is 1.25. The van der Waals surface area contributed by atoms with E-state index >= 15 is 0 Å². The molecule has 30 heavy (non-hydrogen) atoms. The van der Waals surface area contributed by atoms with Crippen LogP contribution in [-0.4, -0.2) is 51.5 Å². The number of morpholine rings is 1. The molecule has 158 valence electrons. The molecule has 0 unspecified atom stereocenters. The van der Waals surface area contributed by atoms with Crippen LogP contribution in [0.1, 0.15) is 5.56 Å². The number of hydrogen-bond donors (Lipinski definition) is 1. The van der Waals surface area contributed by atoms with Crippen molar-refractivity contribution >= 4 is 50.9 Å². The number of fused-ring (bicyclic) bond motifs is 1. The number of nitrogens with zero attached hydrogens (tertiary/aromatic N) is 1. The Morgan fingerprint density at radius 2 is 1.83 bits per heavy atom. The summed E-state index contributed by atoms with van der Waals surface area (Å²) in [5, 5.41) is 3.33. The van der Waals surface area contributed by atoms with Crippen LogP contribution in [0.4, 0.5) is 5.69 Å². The van der Waals surface area contributed by atoms with Gasteiger partial charge >= 0.3 is 0 Å². The van der Waals surface area contributed by atoms with Crippen LogP contribution >= 0.6 is 23.2 Å². The number of carbonyl (C=O) groups excluding carboxylic acids is 1. The first kappa shape index (κ1) is 21.1. The molecule has 2 aromatic carbocycles. The first-order valence-corrected chi connectivity index (χ1v) is 11.4. The van der Waals surface area contributed by atoms with E-state index in [4.69, 9.17) is 32.7 Å². The maximum absolute atomic E-state index is 12.9. The summed E-state index contributed by atoms with van der Waals surface area (Å²) in [7, 11) is -3.80. The van der Waals surface area contributed by atoms with Crippen LogP contribution in [-0.2, 0) is 19.6 Å². The summed E-state index contributed by atoms with van der Waals surface area (Å²) in [6.07, 6.45) is 1.70. The maximum atomic E-state index is 12.9. The van der Waals surface area contributed by atoms with Crippen molar-refractivity contribution in [2.45, 2.75) is 4.90 Å². The second-order valence-electron chi connectivity index (χ2n) is 6.76. The number of nitrogens with one attached hydrogen (secondary N) is 1. The van der Waals surface area contributed by atoms with Crippen molar-refractivity contribution in [1.29, 1.82) is 0 Å². The van der Waals surface area contributed by atoms with Crippen molar-refractivity contribution in [3.8, 4) is 5.75 Å². The summed E-state index contributed by atoms with van der Waals surface area (Å²) < 4.78 is 38.0. The molecule has 2 aliphatic rings. The van der Waals surface area contributed by atoms with Gasteiger partial charge in [0.25, 0.3) is 5.91 Å². The normalized spacial score (nSPS) is 16.9. The summed E-state index contributed by atoms with van der Waals surface area (Å²) in [4.78, 5) is 12.6. The molecule has 0 radical (unpaired) electrons. The fourth-order valence-electron chi connectivity index (χ4n) is 3.20. The van der Waals surface area contributed by atoms with Crippen LogP contribution in [0.5, 0.6) is 5.75 Å². The lowest BCUT2D eigenvalue weighted by atomic mass is 10.1. The van der Waals surface area contributed by atoms with Crippen LogP contribution in [0, 0.1) is 0 Å². The van der Waals surface area contributed by atoms with Crippen molar-refractivity contribution < 1.29 is 22.7 Å². The number of rotatable bonds is 4. The highest BCUT2D eigenvalue weighted by Crippen LogP contribution is 2.31. The summed E-state index contributed by atoms with van der Waals surface area (Å²) in [5.74, 6) is 0.235. The molecule has 0 spiro atoms. The number of benzene rings is 2. The SMILES string of the molecule is O=C(Nc1ccc(Cl)c(S(=O)(=O)N2CCOCC2)c1)C1=Cc2cc(Cl)ccc2OC1. The molecular weight excluding hydrogens is 451 g/mol. The van der Waals surface area contributed by atoms with Gasteiger partial charge in [-0.25, -0.2) is 8.42 Å². The van der Waals surface area contributed by atoms with E-state index in [0.717, 1.165) is 0 Å². The molecule has 0 aliphatic carbocycles. The smallest absolute Gasteiger partial charge is 0.255 e. The molecule has 1 saturated heterocycles. The number of sulfonamides is 1. The van der Waals surface area contributed by atoms with E-state index < -0.39 is 15.9 Å². The lowest BCUT2D eigenvalue weighted by Crippen LogP contribution is -2.40. The Kier molecular flexibility index (Phi) is 6.04. The minimum atomic E-state index is -3.80. The third kappa shape index (κ3) is 4.33. The highest BCUT2D eigenvalue weighted by Gasteiger charge is 2.29. The Morgan fingerprint density at radius 1 is 1.07 bits per heavy atom. The van der Waals surface area contributed by atoms with Gasteiger partial charge in [-0.1, -0.05) is 23.2 Å². The lowest BCUT2D eigenvalue weighted by Gasteiger charge is -2.26. The van der Waals surface area contributed by atoms with Crippen LogP contribution in [0.15, 0.2) is 46.9 Å². The first-order valence-electron chi connectivity index (χ1n) is 9.16. The monoisotopic (exact) mass is 468 g/mol. The number of halogens is 2. The highest BCUT2D eigenvalue weighted by atomic mass is 35.5. The van der Waals surface area contributed by atoms with Crippen LogP contribution in [0.3, 0.4) is 0 Å². The molecule has 7 nitrogen and oxygen atoms in total. The number of amides is 1. The average Bonchev–Trinajstić information content (AvgIpc) is 2.75. The van der Waals surface area contributed by atoms with Crippen LogP contribution in [0.25, 0.3) is 6.08 Å². The molecule has 0 aromatic heterocycles. The van der Waals surface area contributed by atoms with Crippen molar-refractivity contribution in [2.24, 2.45) is 0 Å². The molecular formula is C20H18Cl2N2O5S. The minimum Gasteiger partial charge on any atom is -0.488 e. The van der Waals surface area contributed by atoms with E-state index in [2.05, 4.69) is 5.32 Å². The van der Waals surface area contributed by atoms with Gasteiger partial charge in [0, 0.05) is 29.4 Å². The molecule has 10 heteroatoms. The standard InChI is InChI=1S/C20H18Cl2N2O5S/c21-15-1-4-18-13(10-15)9-14(12-29-18)20(25)23-16-2-3-17(22)19(11-16)30(26,27)24-5-7-28-8-6-24/h1-4,9-11H,5-8,12H2,(H,23,25). The molecule has 1 N–H and O–H groups in total. The predicted octanol–water partition coefficient (Wildman–Crippen LogP) is 3.43. The van der Waals surface area contributed by atoms with Gasteiger partial charge in [-0.2, -0.15) is 4.31 Å². The van der Waals surface area contributed by atoms with Gasteiger partial charge in [0.2, 0.25) is 10.0 Å². The lowest BCUT2D eigenvalue weighted by molar-refractivity contribution is -0.113. The topological polar surface area (TPSA) is 84.9 Å². The Bertz CT molecular complexity index is 1130. The Hall–Kier alpha value is -2.10.